The minimum absolute atomic E-state index is 0.0534. The molecule has 0 bridgehead atoms. The van der Waals surface area contributed by atoms with Crippen molar-refractivity contribution >= 4 is 17.3 Å². The first kappa shape index (κ1) is 21.9. The van der Waals surface area contributed by atoms with Gasteiger partial charge in [0.15, 0.2) is 0 Å². The van der Waals surface area contributed by atoms with Gasteiger partial charge in [-0.1, -0.05) is 12.1 Å². The number of nitrogens with zero attached hydrogens (tertiary/aromatic N) is 4. The molecule has 0 spiro atoms. The van der Waals surface area contributed by atoms with Crippen molar-refractivity contribution in [1.29, 1.82) is 0 Å². The number of halogens is 4. The van der Waals surface area contributed by atoms with Crippen molar-refractivity contribution in [2.24, 2.45) is 0 Å². The number of pyridine rings is 1. The first-order chi connectivity index (χ1) is 15.2. The molecular weight excluding hydrogens is 424 g/mol. The molecule has 1 aromatic carbocycles. The molecular formula is C23H20F4N4O. The van der Waals surface area contributed by atoms with Crippen molar-refractivity contribution in [3.05, 3.63) is 77.3 Å². The summed E-state index contributed by atoms with van der Waals surface area (Å²) < 4.78 is 52.1. The number of Topliss-reactive ketones (excluding diaryl/α,β-unsaturated/α-hetero) is 1. The molecule has 0 saturated carbocycles. The van der Waals surface area contributed by atoms with Crippen LogP contribution in [0.25, 0.3) is 0 Å². The van der Waals surface area contributed by atoms with Crippen LogP contribution in [0, 0.1) is 5.82 Å². The second-order valence-electron chi connectivity index (χ2n) is 7.68. The van der Waals surface area contributed by atoms with E-state index in [-0.39, 0.29) is 23.8 Å². The van der Waals surface area contributed by atoms with Gasteiger partial charge in [0.2, 0.25) is 5.82 Å². The Kier molecular flexibility index (Phi) is 5.90. The fourth-order valence-electron chi connectivity index (χ4n) is 3.70. The number of carbonyl (C=O) groups excluding carboxylic acids is 1. The summed E-state index contributed by atoms with van der Waals surface area (Å²) in [6, 6.07) is 10.7. The number of fused-ring (bicyclic) bond motifs is 1. The van der Waals surface area contributed by atoms with Gasteiger partial charge in [-0.25, -0.2) is 14.4 Å². The molecule has 1 aliphatic heterocycles. The lowest BCUT2D eigenvalue weighted by Gasteiger charge is -2.30. The summed E-state index contributed by atoms with van der Waals surface area (Å²) >= 11 is 0. The second kappa shape index (κ2) is 8.64. The van der Waals surface area contributed by atoms with Crippen LogP contribution in [-0.2, 0) is 23.8 Å². The number of benzene rings is 1. The lowest BCUT2D eigenvalue weighted by atomic mass is 9.95. The Morgan fingerprint density at radius 2 is 1.84 bits per heavy atom. The SMILES string of the molecule is CC(C(=O)Cc1ccc(F)cc1)c1ccc2c(n1)CCCN2c1ccnc(C(F)(F)F)n1. The van der Waals surface area contributed by atoms with Crippen LogP contribution in [0.5, 0.6) is 0 Å². The number of aryl methyl sites for hydroxylation is 1. The van der Waals surface area contributed by atoms with Crippen LogP contribution < -0.4 is 4.90 Å². The zero-order valence-corrected chi connectivity index (χ0v) is 17.2. The quantitative estimate of drug-likeness (QED) is 0.517. The van der Waals surface area contributed by atoms with E-state index >= 15 is 0 Å². The molecule has 0 saturated heterocycles. The Labute approximate surface area is 182 Å². The molecule has 0 radical (unpaired) electrons. The Morgan fingerprint density at radius 1 is 1.09 bits per heavy atom. The van der Waals surface area contributed by atoms with E-state index in [0.29, 0.717) is 36.5 Å². The Hall–Kier alpha value is -3.36. The molecule has 3 heterocycles. The maximum atomic E-state index is 13.1. The van der Waals surface area contributed by atoms with Crippen LogP contribution >= 0.6 is 0 Å². The van der Waals surface area contributed by atoms with Gasteiger partial charge in [0.05, 0.1) is 23.0 Å². The average Bonchev–Trinajstić information content (AvgIpc) is 2.78. The van der Waals surface area contributed by atoms with Gasteiger partial charge in [-0.2, -0.15) is 13.2 Å². The number of hydrogen-bond acceptors (Lipinski definition) is 5. The van der Waals surface area contributed by atoms with E-state index in [1.165, 1.54) is 18.2 Å². The molecule has 2 aromatic heterocycles. The van der Waals surface area contributed by atoms with E-state index < -0.39 is 17.9 Å². The molecule has 32 heavy (non-hydrogen) atoms. The van der Waals surface area contributed by atoms with Crippen LogP contribution in [0.3, 0.4) is 0 Å². The normalized spacial score (nSPS) is 14.7. The van der Waals surface area contributed by atoms with Crippen LogP contribution in [0.2, 0.25) is 0 Å². The third kappa shape index (κ3) is 4.61. The van der Waals surface area contributed by atoms with Crippen LogP contribution in [-0.4, -0.2) is 27.3 Å². The van der Waals surface area contributed by atoms with Gasteiger partial charge in [-0.05, 0) is 55.7 Å². The van der Waals surface area contributed by atoms with Gasteiger partial charge >= 0.3 is 6.18 Å². The van der Waals surface area contributed by atoms with E-state index in [9.17, 15) is 22.4 Å². The molecule has 166 valence electrons. The lowest BCUT2D eigenvalue weighted by molar-refractivity contribution is -0.144. The highest BCUT2D eigenvalue weighted by molar-refractivity contribution is 5.87. The topological polar surface area (TPSA) is 59.0 Å². The van der Waals surface area contributed by atoms with Gasteiger partial charge in [0, 0.05) is 19.2 Å². The van der Waals surface area contributed by atoms with Crippen molar-refractivity contribution in [2.75, 3.05) is 11.4 Å². The third-order valence-corrected chi connectivity index (χ3v) is 5.45. The number of alkyl halides is 3. The van der Waals surface area contributed by atoms with E-state index in [1.54, 1.807) is 36.1 Å². The molecule has 0 fully saturated rings. The van der Waals surface area contributed by atoms with Gasteiger partial charge in [-0.15, -0.1) is 0 Å². The highest BCUT2D eigenvalue weighted by atomic mass is 19.4. The average molecular weight is 444 g/mol. The second-order valence-corrected chi connectivity index (χ2v) is 7.68. The van der Waals surface area contributed by atoms with Crippen molar-refractivity contribution in [1.82, 2.24) is 15.0 Å². The molecule has 5 nitrogen and oxygen atoms in total. The van der Waals surface area contributed by atoms with Gasteiger partial charge < -0.3 is 4.90 Å². The first-order valence-electron chi connectivity index (χ1n) is 10.2. The minimum Gasteiger partial charge on any atom is -0.325 e. The van der Waals surface area contributed by atoms with Crippen LogP contribution in [0.15, 0.2) is 48.7 Å². The van der Waals surface area contributed by atoms with E-state index in [1.807, 2.05) is 0 Å². The Balaban J connectivity index is 1.56. The fourth-order valence-corrected chi connectivity index (χ4v) is 3.70. The first-order valence-corrected chi connectivity index (χ1v) is 10.2. The van der Waals surface area contributed by atoms with Gasteiger partial charge in [0.1, 0.15) is 17.4 Å². The highest BCUT2D eigenvalue weighted by Gasteiger charge is 2.35. The summed E-state index contributed by atoms with van der Waals surface area (Å²) in [4.78, 5) is 26.1. The monoisotopic (exact) mass is 444 g/mol. The molecule has 0 amide bonds. The van der Waals surface area contributed by atoms with Gasteiger partial charge in [0.25, 0.3) is 0 Å². The lowest BCUT2D eigenvalue weighted by Crippen LogP contribution is -2.27. The summed E-state index contributed by atoms with van der Waals surface area (Å²) in [5.74, 6) is -1.92. The van der Waals surface area contributed by atoms with E-state index in [2.05, 4.69) is 15.0 Å². The van der Waals surface area contributed by atoms with Crippen LogP contribution in [0.1, 0.15) is 42.0 Å². The van der Waals surface area contributed by atoms with Crippen molar-refractivity contribution in [3.63, 3.8) is 0 Å². The zero-order chi connectivity index (χ0) is 22.9. The molecule has 1 unspecified atom stereocenters. The maximum Gasteiger partial charge on any atom is 0.451 e. The van der Waals surface area contributed by atoms with E-state index in [0.717, 1.165) is 11.8 Å². The largest absolute Gasteiger partial charge is 0.451 e. The standard InChI is InChI=1S/C23H20F4N4O/c1-14(20(32)13-15-4-6-16(24)7-5-15)17-8-9-19-18(29-17)3-2-12-31(19)21-10-11-28-22(30-21)23(25,26)27/h4-11,14H,2-3,12-13H2,1H3. The Bertz CT molecular complexity index is 1130. The predicted molar refractivity (Wildman–Crippen MR) is 110 cm³/mol. The molecule has 9 heteroatoms. The number of aromatic nitrogens is 3. The Morgan fingerprint density at radius 3 is 2.56 bits per heavy atom. The van der Waals surface area contributed by atoms with Gasteiger partial charge in [-0.3, -0.25) is 9.78 Å². The fraction of sp³-hybridized carbons (Fsp3) is 0.304. The number of carbonyl (C=O) groups is 1. The summed E-state index contributed by atoms with van der Waals surface area (Å²) in [7, 11) is 0. The molecule has 4 rings (SSSR count). The number of ketones is 1. The van der Waals surface area contributed by atoms with Crippen molar-refractivity contribution < 1.29 is 22.4 Å². The zero-order valence-electron chi connectivity index (χ0n) is 17.2. The van der Waals surface area contributed by atoms with Crippen molar-refractivity contribution in [2.45, 2.75) is 38.3 Å². The molecule has 3 aromatic rings. The van der Waals surface area contributed by atoms with Crippen molar-refractivity contribution in [3.8, 4) is 0 Å². The smallest absolute Gasteiger partial charge is 0.325 e. The molecule has 0 aliphatic carbocycles. The summed E-state index contributed by atoms with van der Waals surface area (Å²) in [6.07, 6.45) is -2.04. The number of rotatable bonds is 5. The predicted octanol–water partition coefficient (Wildman–Crippen LogP) is 5.03. The maximum absolute atomic E-state index is 13.1. The number of hydrogen-bond donors (Lipinski definition) is 0. The van der Waals surface area contributed by atoms with E-state index in [4.69, 9.17) is 0 Å². The molecule has 1 aliphatic rings. The highest BCUT2D eigenvalue weighted by Crippen LogP contribution is 2.34. The summed E-state index contributed by atoms with van der Waals surface area (Å²) in [6.45, 7) is 2.27. The molecule has 1 atom stereocenters. The molecule has 0 N–H and O–H groups in total. The number of anilines is 2. The minimum atomic E-state index is -4.63. The summed E-state index contributed by atoms with van der Waals surface area (Å²) in [5.41, 5.74) is 2.69. The third-order valence-electron chi connectivity index (χ3n) is 5.45. The van der Waals surface area contributed by atoms with Crippen LogP contribution in [0.4, 0.5) is 29.1 Å². The summed E-state index contributed by atoms with van der Waals surface area (Å²) in [5, 5.41) is 0.